The SMILES string of the molecule is Cc1ccc(S(=O)(=O)n2c(F)c(F)c3c2ncn2c(=O)c4ccccc4nc32)cc1. The molecule has 0 saturated carbocycles. The molecule has 3 aromatic heterocycles. The third-order valence-corrected chi connectivity index (χ3v) is 6.56. The summed E-state index contributed by atoms with van der Waals surface area (Å²) >= 11 is 0. The molecule has 0 bridgehead atoms. The second kappa shape index (κ2) is 6.17. The third-order valence-electron chi connectivity index (χ3n) is 4.88. The summed E-state index contributed by atoms with van der Waals surface area (Å²) < 4.78 is 57.0. The fraction of sp³-hybridized carbons (Fsp3) is 0.0500. The molecule has 0 radical (unpaired) electrons. The molecular formula is C20H12F2N4O3S. The third kappa shape index (κ3) is 2.40. The molecule has 0 fully saturated rings. The van der Waals surface area contributed by atoms with Gasteiger partial charge in [0, 0.05) is 0 Å². The molecule has 0 atom stereocenters. The van der Waals surface area contributed by atoms with Crippen molar-refractivity contribution in [2.75, 3.05) is 0 Å². The van der Waals surface area contributed by atoms with E-state index in [0.717, 1.165) is 16.3 Å². The van der Waals surface area contributed by atoms with Crippen LogP contribution < -0.4 is 5.56 Å². The van der Waals surface area contributed by atoms with E-state index >= 15 is 0 Å². The van der Waals surface area contributed by atoms with Crippen LogP contribution in [0.5, 0.6) is 0 Å². The molecule has 30 heavy (non-hydrogen) atoms. The molecule has 150 valence electrons. The van der Waals surface area contributed by atoms with Crippen LogP contribution in [0.2, 0.25) is 0 Å². The van der Waals surface area contributed by atoms with Gasteiger partial charge in [0.2, 0.25) is 5.95 Å². The molecule has 0 aliphatic heterocycles. The van der Waals surface area contributed by atoms with Crippen LogP contribution in [0.15, 0.2) is 64.5 Å². The first kappa shape index (κ1) is 18.4. The number of benzene rings is 2. The van der Waals surface area contributed by atoms with Crippen molar-refractivity contribution < 1.29 is 17.2 Å². The highest BCUT2D eigenvalue weighted by Crippen LogP contribution is 2.29. The van der Waals surface area contributed by atoms with Gasteiger partial charge in [-0.3, -0.25) is 4.79 Å². The van der Waals surface area contributed by atoms with Gasteiger partial charge in [-0.25, -0.2) is 27.2 Å². The summed E-state index contributed by atoms with van der Waals surface area (Å²) in [6.45, 7) is 1.77. The minimum absolute atomic E-state index is 0.198. The van der Waals surface area contributed by atoms with E-state index in [4.69, 9.17) is 0 Å². The van der Waals surface area contributed by atoms with Crippen LogP contribution in [0.1, 0.15) is 5.56 Å². The first-order valence-corrected chi connectivity index (χ1v) is 10.2. The second-order valence-electron chi connectivity index (χ2n) is 6.76. The lowest BCUT2D eigenvalue weighted by atomic mass is 10.2. The van der Waals surface area contributed by atoms with Gasteiger partial charge in [-0.1, -0.05) is 29.8 Å². The van der Waals surface area contributed by atoms with Crippen molar-refractivity contribution in [1.29, 1.82) is 0 Å². The van der Waals surface area contributed by atoms with Crippen LogP contribution in [0, 0.1) is 18.7 Å². The molecule has 5 aromatic rings. The predicted molar refractivity (Wildman–Crippen MR) is 106 cm³/mol. The smallest absolute Gasteiger partial charge is 0.268 e. The molecule has 0 aliphatic rings. The summed E-state index contributed by atoms with van der Waals surface area (Å²) in [6.07, 6.45) is 1.01. The first-order valence-electron chi connectivity index (χ1n) is 8.78. The van der Waals surface area contributed by atoms with E-state index in [2.05, 4.69) is 9.97 Å². The largest absolute Gasteiger partial charge is 0.271 e. The van der Waals surface area contributed by atoms with Crippen molar-refractivity contribution in [3.8, 4) is 0 Å². The molecule has 2 aromatic carbocycles. The number of para-hydroxylation sites is 1. The van der Waals surface area contributed by atoms with Gasteiger partial charge in [-0.2, -0.15) is 8.36 Å². The quantitative estimate of drug-likeness (QED) is 0.405. The van der Waals surface area contributed by atoms with Crippen LogP contribution in [0.4, 0.5) is 8.78 Å². The number of aryl methyl sites for hydroxylation is 1. The molecule has 10 heteroatoms. The minimum atomic E-state index is -4.49. The van der Waals surface area contributed by atoms with Gasteiger partial charge in [-0.15, -0.1) is 0 Å². The number of hydrogen-bond acceptors (Lipinski definition) is 5. The molecule has 0 aliphatic carbocycles. The van der Waals surface area contributed by atoms with E-state index in [1.165, 1.54) is 12.1 Å². The summed E-state index contributed by atoms with van der Waals surface area (Å²) in [7, 11) is -4.49. The van der Waals surface area contributed by atoms with Gasteiger partial charge in [0.1, 0.15) is 11.7 Å². The van der Waals surface area contributed by atoms with Gasteiger partial charge >= 0.3 is 0 Å². The maximum atomic E-state index is 14.9. The Labute approximate surface area is 167 Å². The van der Waals surface area contributed by atoms with Gasteiger partial charge in [0.15, 0.2) is 17.1 Å². The van der Waals surface area contributed by atoms with Crippen molar-refractivity contribution >= 4 is 37.6 Å². The maximum Gasteiger partial charge on any atom is 0.271 e. The average molecular weight is 426 g/mol. The summed E-state index contributed by atoms with van der Waals surface area (Å²) in [4.78, 5) is 20.7. The van der Waals surface area contributed by atoms with Crippen molar-refractivity contribution in [2.24, 2.45) is 0 Å². The molecule has 0 N–H and O–H groups in total. The Bertz CT molecular complexity index is 1660. The number of fused-ring (bicyclic) bond motifs is 4. The van der Waals surface area contributed by atoms with Gasteiger partial charge < -0.3 is 0 Å². The van der Waals surface area contributed by atoms with Gasteiger partial charge in [0.25, 0.3) is 15.6 Å². The molecule has 0 amide bonds. The van der Waals surface area contributed by atoms with Crippen LogP contribution in [-0.2, 0) is 10.0 Å². The predicted octanol–water partition coefficient (Wildman–Crippen LogP) is 3.02. The lowest BCUT2D eigenvalue weighted by molar-refractivity contribution is 0.480. The normalized spacial score (nSPS) is 12.2. The van der Waals surface area contributed by atoms with E-state index in [1.54, 1.807) is 43.3 Å². The highest BCUT2D eigenvalue weighted by atomic mass is 32.2. The van der Waals surface area contributed by atoms with E-state index in [0.29, 0.717) is 0 Å². The molecular weight excluding hydrogens is 414 g/mol. The number of rotatable bonds is 2. The first-order chi connectivity index (χ1) is 14.3. The Hall–Kier alpha value is -3.66. The highest BCUT2D eigenvalue weighted by Gasteiger charge is 2.30. The molecule has 0 saturated heterocycles. The average Bonchev–Trinajstić information content (AvgIpc) is 3.00. The molecule has 3 heterocycles. The second-order valence-corrected chi connectivity index (χ2v) is 8.54. The van der Waals surface area contributed by atoms with Crippen molar-refractivity contribution in [3.63, 3.8) is 0 Å². The topological polar surface area (TPSA) is 86.3 Å². The number of nitrogens with zero attached hydrogens (tertiary/aromatic N) is 4. The Morgan fingerprint density at radius 3 is 2.40 bits per heavy atom. The molecule has 7 nitrogen and oxygen atoms in total. The fourth-order valence-corrected chi connectivity index (χ4v) is 4.73. The Balaban J connectivity index is 1.92. The monoisotopic (exact) mass is 426 g/mol. The van der Waals surface area contributed by atoms with E-state index < -0.39 is 38.4 Å². The van der Waals surface area contributed by atoms with E-state index in [9.17, 15) is 22.0 Å². The zero-order valence-corrected chi connectivity index (χ0v) is 16.2. The van der Waals surface area contributed by atoms with Crippen molar-refractivity contribution in [3.05, 3.63) is 82.5 Å². The summed E-state index contributed by atoms with van der Waals surface area (Å²) in [5.41, 5.74) is -0.175. The Morgan fingerprint density at radius 1 is 0.967 bits per heavy atom. The van der Waals surface area contributed by atoms with Crippen molar-refractivity contribution in [1.82, 2.24) is 18.3 Å². The summed E-state index contributed by atoms with van der Waals surface area (Å²) in [6, 6.07) is 12.1. The van der Waals surface area contributed by atoms with E-state index in [1.807, 2.05) is 0 Å². The fourth-order valence-electron chi connectivity index (χ4n) is 3.38. The van der Waals surface area contributed by atoms with Crippen LogP contribution >= 0.6 is 0 Å². The Morgan fingerprint density at radius 2 is 1.67 bits per heavy atom. The van der Waals surface area contributed by atoms with Gasteiger partial charge in [-0.05, 0) is 31.2 Å². The van der Waals surface area contributed by atoms with Crippen molar-refractivity contribution in [2.45, 2.75) is 11.8 Å². The minimum Gasteiger partial charge on any atom is -0.268 e. The zero-order chi connectivity index (χ0) is 21.2. The lowest BCUT2D eigenvalue weighted by Crippen LogP contribution is -2.18. The standard InChI is InChI=1S/C20H12F2N4O3S/c1-11-6-8-12(9-7-11)30(28,29)26-17(22)16(21)15-18(26)23-10-25-19(15)24-14-5-3-2-4-13(14)20(25)27/h2-10H,1H3. The Kier molecular flexibility index (Phi) is 3.78. The lowest BCUT2D eigenvalue weighted by Gasteiger charge is -2.08. The highest BCUT2D eigenvalue weighted by molar-refractivity contribution is 7.90. The van der Waals surface area contributed by atoms with Gasteiger partial charge in [0.05, 0.1) is 15.8 Å². The molecule has 0 spiro atoms. The summed E-state index contributed by atoms with van der Waals surface area (Å²) in [5.74, 6) is -3.08. The zero-order valence-electron chi connectivity index (χ0n) is 15.4. The van der Waals surface area contributed by atoms with Crippen LogP contribution in [-0.4, -0.2) is 26.8 Å². The maximum absolute atomic E-state index is 14.9. The molecule has 0 unspecified atom stereocenters. The number of halogens is 2. The number of aromatic nitrogens is 4. The van der Waals surface area contributed by atoms with E-state index in [-0.39, 0.29) is 25.4 Å². The van der Waals surface area contributed by atoms with Crippen LogP contribution in [0.3, 0.4) is 0 Å². The van der Waals surface area contributed by atoms with Crippen LogP contribution in [0.25, 0.3) is 27.6 Å². The number of hydrogen-bond donors (Lipinski definition) is 0. The molecule has 5 rings (SSSR count). The summed E-state index contributed by atoms with van der Waals surface area (Å²) in [5, 5.41) is -0.225.